The number of aliphatic hydroxyl groups is 1. The molecular formula is C16H24N2O5S. The first kappa shape index (κ1) is 20.1. The Balaban J connectivity index is 0.000000243. The van der Waals surface area contributed by atoms with Gasteiger partial charge in [0.2, 0.25) is 0 Å². The second-order valence-electron chi connectivity index (χ2n) is 5.61. The molecule has 0 radical (unpaired) electrons. The molecule has 7 nitrogen and oxygen atoms in total. The minimum absolute atomic E-state index is 0.000852. The number of aliphatic hydroxyl groups excluding tert-OH is 1. The van der Waals surface area contributed by atoms with E-state index < -0.39 is 10.1 Å². The molecule has 1 unspecified atom stereocenters. The number of amides is 2. The number of carbonyl (C=O) groups excluding carboxylic acids is 1. The monoisotopic (exact) mass is 356 g/mol. The first-order chi connectivity index (χ1) is 11.1. The van der Waals surface area contributed by atoms with Crippen molar-refractivity contribution in [3.63, 3.8) is 0 Å². The smallest absolute Gasteiger partial charge is 0.324 e. The second kappa shape index (κ2) is 8.27. The molecule has 2 amide bonds. The summed E-state index contributed by atoms with van der Waals surface area (Å²) in [5, 5.41) is 8.77. The highest BCUT2D eigenvalue weighted by molar-refractivity contribution is 7.85. The zero-order valence-electron chi connectivity index (χ0n) is 14.3. The average molecular weight is 356 g/mol. The Morgan fingerprint density at radius 1 is 1.17 bits per heavy atom. The van der Waals surface area contributed by atoms with Crippen LogP contribution < -0.4 is 0 Å². The van der Waals surface area contributed by atoms with Gasteiger partial charge in [0.1, 0.15) is 0 Å². The summed E-state index contributed by atoms with van der Waals surface area (Å²) >= 11 is 0. The van der Waals surface area contributed by atoms with Crippen molar-refractivity contribution < 1.29 is 22.9 Å². The minimum atomic E-state index is -4.02. The standard InChI is InChI=1S/C9H16N2O2.C7H8O3S/c1-7-6-8(2)11(4-5-12)9(13)10(7)3;1-6-2-4-7(5-3-6)11(8,9)10/h6-7,12H,4-5H2,1-3H3;2-5H,1H3,(H,8,9,10). The van der Waals surface area contributed by atoms with Gasteiger partial charge in [-0.1, -0.05) is 17.7 Å². The van der Waals surface area contributed by atoms with Crippen LogP contribution in [0.15, 0.2) is 40.9 Å². The van der Waals surface area contributed by atoms with Crippen molar-refractivity contribution in [3.05, 3.63) is 41.6 Å². The normalized spacial score (nSPS) is 18.0. The fourth-order valence-electron chi connectivity index (χ4n) is 2.15. The molecule has 1 heterocycles. The zero-order chi connectivity index (χ0) is 18.5. The molecule has 0 bridgehead atoms. The van der Waals surface area contributed by atoms with Crippen molar-refractivity contribution in [1.29, 1.82) is 0 Å². The lowest BCUT2D eigenvalue weighted by Gasteiger charge is -2.36. The van der Waals surface area contributed by atoms with E-state index in [-0.39, 0.29) is 23.6 Å². The number of carbonyl (C=O) groups is 1. The number of allylic oxidation sites excluding steroid dienone is 1. The summed E-state index contributed by atoms with van der Waals surface area (Å²) in [5.41, 5.74) is 1.88. The van der Waals surface area contributed by atoms with E-state index in [1.54, 1.807) is 29.0 Å². The molecule has 0 saturated carbocycles. The van der Waals surface area contributed by atoms with Crippen LogP contribution >= 0.6 is 0 Å². The van der Waals surface area contributed by atoms with E-state index in [2.05, 4.69) is 0 Å². The van der Waals surface area contributed by atoms with Gasteiger partial charge in [0.15, 0.2) is 0 Å². The predicted molar refractivity (Wildman–Crippen MR) is 91.2 cm³/mol. The van der Waals surface area contributed by atoms with E-state index in [0.717, 1.165) is 11.3 Å². The third-order valence-corrected chi connectivity index (χ3v) is 4.56. The van der Waals surface area contributed by atoms with Gasteiger partial charge in [-0.05, 0) is 39.0 Å². The molecule has 1 aromatic carbocycles. The molecular weight excluding hydrogens is 332 g/mol. The highest BCUT2D eigenvalue weighted by Crippen LogP contribution is 2.16. The first-order valence-corrected chi connectivity index (χ1v) is 8.89. The molecule has 1 aliphatic rings. The number of urea groups is 1. The Morgan fingerprint density at radius 3 is 2.17 bits per heavy atom. The minimum Gasteiger partial charge on any atom is -0.395 e. The van der Waals surface area contributed by atoms with Gasteiger partial charge in [0, 0.05) is 12.7 Å². The van der Waals surface area contributed by atoms with Gasteiger partial charge in [-0.15, -0.1) is 0 Å². The maximum atomic E-state index is 11.6. The van der Waals surface area contributed by atoms with Crippen LogP contribution in [0.1, 0.15) is 19.4 Å². The highest BCUT2D eigenvalue weighted by atomic mass is 32.2. The maximum absolute atomic E-state index is 11.6. The Bertz CT molecular complexity index is 698. The van der Waals surface area contributed by atoms with Crippen LogP contribution in [-0.4, -0.2) is 60.1 Å². The van der Waals surface area contributed by atoms with Crippen LogP contribution in [0.5, 0.6) is 0 Å². The molecule has 1 aromatic rings. The van der Waals surface area contributed by atoms with E-state index in [9.17, 15) is 13.2 Å². The van der Waals surface area contributed by atoms with Crippen LogP contribution in [0.3, 0.4) is 0 Å². The number of benzene rings is 1. The third-order valence-electron chi connectivity index (χ3n) is 3.69. The fraction of sp³-hybridized carbons (Fsp3) is 0.438. The fourth-order valence-corrected chi connectivity index (χ4v) is 2.63. The Kier molecular flexibility index (Phi) is 6.94. The summed E-state index contributed by atoms with van der Waals surface area (Å²) in [7, 11) is -2.26. The number of nitrogens with zero attached hydrogens (tertiary/aromatic N) is 2. The topological polar surface area (TPSA) is 98.2 Å². The average Bonchev–Trinajstić information content (AvgIpc) is 2.50. The number of hydrogen-bond acceptors (Lipinski definition) is 4. The van der Waals surface area contributed by atoms with Crippen LogP contribution in [0.4, 0.5) is 4.79 Å². The predicted octanol–water partition coefficient (Wildman–Crippen LogP) is 1.88. The Labute approximate surface area is 142 Å². The van der Waals surface area contributed by atoms with Crippen LogP contribution in [0, 0.1) is 6.92 Å². The molecule has 2 rings (SSSR count). The summed E-state index contributed by atoms with van der Waals surface area (Å²) < 4.78 is 29.6. The molecule has 0 fully saturated rings. The molecule has 0 spiro atoms. The van der Waals surface area contributed by atoms with Gasteiger partial charge in [0.05, 0.1) is 24.1 Å². The van der Waals surface area contributed by atoms with Gasteiger partial charge in [-0.3, -0.25) is 9.45 Å². The van der Waals surface area contributed by atoms with E-state index >= 15 is 0 Å². The summed E-state index contributed by atoms with van der Waals surface area (Å²) in [6.07, 6.45) is 2.01. The number of likely N-dealkylation sites (N-methyl/N-ethyl adjacent to an activating group) is 1. The van der Waals surface area contributed by atoms with E-state index in [1.165, 1.54) is 12.1 Å². The lowest BCUT2D eigenvalue weighted by molar-refractivity contribution is 0.148. The lowest BCUT2D eigenvalue weighted by Crippen LogP contribution is -2.48. The lowest BCUT2D eigenvalue weighted by atomic mass is 10.2. The van der Waals surface area contributed by atoms with Crippen LogP contribution in [0.2, 0.25) is 0 Å². The molecule has 0 aliphatic carbocycles. The van der Waals surface area contributed by atoms with Crippen molar-refractivity contribution in [3.8, 4) is 0 Å². The van der Waals surface area contributed by atoms with Gasteiger partial charge in [-0.25, -0.2) is 4.79 Å². The van der Waals surface area contributed by atoms with E-state index in [0.29, 0.717) is 6.54 Å². The van der Waals surface area contributed by atoms with Crippen molar-refractivity contribution >= 4 is 16.1 Å². The zero-order valence-corrected chi connectivity index (χ0v) is 15.1. The summed E-state index contributed by atoms with van der Waals surface area (Å²) in [4.78, 5) is 14.8. The molecule has 2 N–H and O–H groups in total. The molecule has 1 aliphatic heterocycles. The Hall–Kier alpha value is -1.90. The second-order valence-corrected chi connectivity index (χ2v) is 7.03. The molecule has 0 saturated heterocycles. The maximum Gasteiger partial charge on any atom is 0.324 e. The number of β-amino-alcohol motifs (C(OH)–C–C–N with tert-alkyl or cyclic N) is 1. The number of hydrogen-bond donors (Lipinski definition) is 2. The first-order valence-electron chi connectivity index (χ1n) is 7.45. The molecule has 8 heteroatoms. The molecule has 134 valence electrons. The van der Waals surface area contributed by atoms with Crippen molar-refractivity contribution in [2.45, 2.75) is 31.7 Å². The Morgan fingerprint density at radius 2 is 1.71 bits per heavy atom. The van der Waals surface area contributed by atoms with E-state index in [4.69, 9.17) is 9.66 Å². The van der Waals surface area contributed by atoms with Crippen LogP contribution in [0.25, 0.3) is 0 Å². The number of rotatable bonds is 3. The van der Waals surface area contributed by atoms with Gasteiger partial charge in [0.25, 0.3) is 10.1 Å². The molecule has 0 aromatic heterocycles. The highest BCUT2D eigenvalue weighted by Gasteiger charge is 2.26. The third kappa shape index (κ3) is 5.33. The van der Waals surface area contributed by atoms with Crippen molar-refractivity contribution in [1.82, 2.24) is 9.80 Å². The molecule has 1 atom stereocenters. The van der Waals surface area contributed by atoms with Gasteiger partial charge < -0.3 is 10.0 Å². The number of aryl methyl sites for hydroxylation is 1. The van der Waals surface area contributed by atoms with Crippen molar-refractivity contribution in [2.75, 3.05) is 20.2 Å². The van der Waals surface area contributed by atoms with Gasteiger partial charge in [-0.2, -0.15) is 8.42 Å². The van der Waals surface area contributed by atoms with Gasteiger partial charge >= 0.3 is 6.03 Å². The SMILES string of the molecule is CC1=CC(C)N(C)C(=O)N1CCO.Cc1ccc(S(=O)(=O)O)cc1. The van der Waals surface area contributed by atoms with E-state index in [1.807, 2.05) is 26.8 Å². The summed E-state index contributed by atoms with van der Waals surface area (Å²) in [6.45, 7) is 6.07. The summed E-state index contributed by atoms with van der Waals surface area (Å²) in [6, 6.07) is 6.09. The van der Waals surface area contributed by atoms with Crippen molar-refractivity contribution in [2.24, 2.45) is 0 Å². The molecule has 24 heavy (non-hydrogen) atoms. The largest absolute Gasteiger partial charge is 0.395 e. The summed E-state index contributed by atoms with van der Waals surface area (Å²) in [5.74, 6) is 0. The quantitative estimate of drug-likeness (QED) is 0.806. The van der Waals surface area contributed by atoms with Crippen LogP contribution in [-0.2, 0) is 10.1 Å².